The average Bonchev–Trinajstić information content (AvgIpc) is 2.63. The van der Waals surface area contributed by atoms with E-state index in [1.807, 2.05) is 0 Å². The summed E-state index contributed by atoms with van der Waals surface area (Å²) in [6.07, 6.45) is 0. The third-order valence-electron chi connectivity index (χ3n) is 2.49. The molecule has 2 rings (SSSR count). The summed E-state index contributed by atoms with van der Waals surface area (Å²) in [6, 6.07) is 4.97. The van der Waals surface area contributed by atoms with E-state index in [9.17, 15) is 9.90 Å². The van der Waals surface area contributed by atoms with Crippen molar-refractivity contribution in [2.24, 2.45) is 0 Å². The SMILES string of the molecule is Cc1ccc(NC(=O)c2sc(N)nc2C)cc1O. The van der Waals surface area contributed by atoms with Crippen molar-refractivity contribution >= 4 is 28.1 Å². The van der Waals surface area contributed by atoms with Crippen LogP contribution in [0.3, 0.4) is 0 Å². The molecule has 0 aliphatic carbocycles. The molecule has 2 aromatic rings. The molecule has 1 amide bonds. The molecule has 1 heterocycles. The fourth-order valence-corrected chi connectivity index (χ4v) is 2.23. The van der Waals surface area contributed by atoms with Crippen LogP contribution in [0.25, 0.3) is 0 Å². The van der Waals surface area contributed by atoms with Gasteiger partial charge in [0.15, 0.2) is 5.13 Å². The lowest BCUT2D eigenvalue weighted by molar-refractivity contribution is 0.103. The smallest absolute Gasteiger partial charge is 0.267 e. The number of amides is 1. The second kappa shape index (κ2) is 4.66. The van der Waals surface area contributed by atoms with Crippen molar-refractivity contribution < 1.29 is 9.90 Å². The number of nitrogens with one attached hydrogen (secondary N) is 1. The maximum absolute atomic E-state index is 12.0. The summed E-state index contributed by atoms with van der Waals surface area (Å²) in [5.74, 6) is -0.127. The molecule has 0 radical (unpaired) electrons. The standard InChI is InChI=1S/C12H13N3O2S/c1-6-3-4-8(5-9(6)16)15-11(17)10-7(2)14-12(13)18-10/h3-5,16H,1-2H3,(H2,13,14)(H,15,17). The van der Waals surface area contributed by atoms with Gasteiger partial charge in [0.2, 0.25) is 0 Å². The second-order valence-corrected chi connectivity index (χ2v) is 4.95. The molecule has 5 nitrogen and oxygen atoms in total. The lowest BCUT2D eigenvalue weighted by Crippen LogP contribution is -2.11. The molecule has 0 unspecified atom stereocenters. The van der Waals surface area contributed by atoms with E-state index in [0.717, 1.165) is 16.9 Å². The number of nitrogens with two attached hydrogens (primary N) is 1. The van der Waals surface area contributed by atoms with Crippen molar-refractivity contribution in [2.75, 3.05) is 11.1 Å². The van der Waals surface area contributed by atoms with Gasteiger partial charge in [0.25, 0.3) is 5.91 Å². The highest BCUT2D eigenvalue weighted by Gasteiger charge is 2.14. The van der Waals surface area contributed by atoms with Gasteiger partial charge in [0.1, 0.15) is 10.6 Å². The Bertz CT molecular complexity index is 607. The lowest BCUT2D eigenvalue weighted by atomic mass is 10.2. The van der Waals surface area contributed by atoms with Gasteiger partial charge in [0.05, 0.1) is 5.69 Å². The van der Waals surface area contributed by atoms with Gasteiger partial charge in [-0.05, 0) is 25.5 Å². The summed E-state index contributed by atoms with van der Waals surface area (Å²) < 4.78 is 0. The molecule has 18 heavy (non-hydrogen) atoms. The number of nitrogens with zero attached hydrogens (tertiary/aromatic N) is 1. The summed E-state index contributed by atoms with van der Waals surface area (Å²) in [5.41, 5.74) is 7.44. The largest absolute Gasteiger partial charge is 0.508 e. The Morgan fingerprint density at radius 3 is 2.72 bits per heavy atom. The number of hydrogen-bond donors (Lipinski definition) is 3. The monoisotopic (exact) mass is 263 g/mol. The Balaban J connectivity index is 2.21. The highest BCUT2D eigenvalue weighted by molar-refractivity contribution is 7.17. The van der Waals surface area contributed by atoms with Crippen LogP contribution >= 0.6 is 11.3 Å². The number of thiazole rings is 1. The van der Waals surface area contributed by atoms with Gasteiger partial charge in [0, 0.05) is 11.8 Å². The molecule has 6 heteroatoms. The number of aryl methyl sites for hydroxylation is 2. The summed E-state index contributed by atoms with van der Waals surface area (Å²) in [6.45, 7) is 3.52. The number of hydrogen-bond acceptors (Lipinski definition) is 5. The van der Waals surface area contributed by atoms with E-state index >= 15 is 0 Å². The summed E-state index contributed by atoms with van der Waals surface area (Å²) in [5, 5.41) is 12.6. The molecule has 0 bridgehead atoms. The second-order valence-electron chi connectivity index (χ2n) is 3.92. The number of phenolic OH excluding ortho intramolecular Hbond substituents is 1. The van der Waals surface area contributed by atoms with Crippen LogP contribution in [0.5, 0.6) is 5.75 Å². The minimum atomic E-state index is -0.273. The van der Waals surface area contributed by atoms with Crippen LogP contribution in [0.2, 0.25) is 0 Å². The van der Waals surface area contributed by atoms with E-state index < -0.39 is 0 Å². The molecule has 94 valence electrons. The van der Waals surface area contributed by atoms with Crippen LogP contribution in [-0.4, -0.2) is 16.0 Å². The number of phenols is 1. The Kier molecular flexibility index (Phi) is 3.20. The fourth-order valence-electron chi connectivity index (χ4n) is 1.50. The first-order chi connectivity index (χ1) is 8.47. The van der Waals surface area contributed by atoms with E-state index in [-0.39, 0.29) is 11.7 Å². The van der Waals surface area contributed by atoms with Gasteiger partial charge >= 0.3 is 0 Å². The minimum absolute atomic E-state index is 0.147. The predicted molar refractivity (Wildman–Crippen MR) is 72.1 cm³/mol. The maximum Gasteiger partial charge on any atom is 0.267 e. The number of nitrogen functional groups attached to an aromatic ring is 1. The van der Waals surface area contributed by atoms with Gasteiger partial charge in [-0.1, -0.05) is 17.4 Å². The highest BCUT2D eigenvalue weighted by Crippen LogP contribution is 2.24. The zero-order valence-electron chi connectivity index (χ0n) is 10.0. The molecular formula is C12H13N3O2S. The Labute approximate surface area is 108 Å². The van der Waals surface area contributed by atoms with Crippen LogP contribution < -0.4 is 11.1 Å². The zero-order valence-corrected chi connectivity index (χ0v) is 10.8. The first-order valence-corrected chi connectivity index (χ1v) is 6.13. The third-order valence-corrected chi connectivity index (χ3v) is 3.47. The van der Waals surface area contributed by atoms with Gasteiger partial charge in [-0.3, -0.25) is 4.79 Å². The maximum atomic E-state index is 12.0. The van der Waals surface area contributed by atoms with Crippen LogP contribution in [0.4, 0.5) is 10.8 Å². The van der Waals surface area contributed by atoms with Gasteiger partial charge in [-0.2, -0.15) is 0 Å². The van der Waals surface area contributed by atoms with E-state index in [1.165, 1.54) is 6.07 Å². The minimum Gasteiger partial charge on any atom is -0.508 e. The number of benzene rings is 1. The summed E-state index contributed by atoms with van der Waals surface area (Å²) >= 11 is 1.14. The molecule has 0 aliphatic heterocycles. The van der Waals surface area contributed by atoms with Crippen molar-refractivity contribution in [2.45, 2.75) is 13.8 Å². The van der Waals surface area contributed by atoms with Crippen molar-refractivity contribution in [3.63, 3.8) is 0 Å². The molecule has 0 aliphatic rings. The van der Waals surface area contributed by atoms with Gasteiger partial charge in [-0.25, -0.2) is 4.98 Å². The van der Waals surface area contributed by atoms with E-state index in [4.69, 9.17) is 5.73 Å². The molecular weight excluding hydrogens is 250 g/mol. The number of anilines is 2. The molecule has 0 atom stereocenters. The van der Waals surface area contributed by atoms with Crippen molar-refractivity contribution in [3.8, 4) is 5.75 Å². The number of carbonyl (C=O) groups is 1. The van der Waals surface area contributed by atoms with E-state index in [1.54, 1.807) is 26.0 Å². The van der Waals surface area contributed by atoms with Gasteiger partial charge in [-0.15, -0.1) is 0 Å². The first kappa shape index (κ1) is 12.4. The number of carbonyl (C=O) groups excluding carboxylic acids is 1. The summed E-state index contributed by atoms with van der Waals surface area (Å²) in [7, 11) is 0. The average molecular weight is 263 g/mol. The van der Waals surface area contributed by atoms with Crippen molar-refractivity contribution in [1.29, 1.82) is 0 Å². The highest BCUT2D eigenvalue weighted by atomic mass is 32.1. The van der Waals surface area contributed by atoms with E-state index in [0.29, 0.717) is 21.4 Å². The predicted octanol–water partition coefficient (Wildman–Crippen LogP) is 2.30. The molecule has 1 aromatic carbocycles. The van der Waals surface area contributed by atoms with Gasteiger partial charge < -0.3 is 16.2 Å². The Hall–Kier alpha value is -2.08. The molecule has 0 saturated carbocycles. The number of aromatic hydroxyl groups is 1. The van der Waals surface area contributed by atoms with Crippen molar-refractivity contribution in [1.82, 2.24) is 4.98 Å². The first-order valence-electron chi connectivity index (χ1n) is 5.31. The lowest BCUT2D eigenvalue weighted by Gasteiger charge is -2.05. The number of rotatable bonds is 2. The zero-order chi connectivity index (χ0) is 13.3. The number of aromatic nitrogens is 1. The molecule has 4 N–H and O–H groups in total. The quantitative estimate of drug-likeness (QED) is 0.775. The Morgan fingerprint density at radius 2 is 2.17 bits per heavy atom. The molecule has 0 spiro atoms. The topological polar surface area (TPSA) is 88.2 Å². The molecule has 0 saturated heterocycles. The normalized spacial score (nSPS) is 10.3. The fraction of sp³-hybridized carbons (Fsp3) is 0.167. The van der Waals surface area contributed by atoms with Crippen molar-refractivity contribution in [3.05, 3.63) is 34.3 Å². The third kappa shape index (κ3) is 2.43. The molecule has 1 aromatic heterocycles. The molecule has 0 fully saturated rings. The van der Waals surface area contributed by atoms with E-state index in [2.05, 4.69) is 10.3 Å². The van der Waals surface area contributed by atoms with Crippen LogP contribution in [0.15, 0.2) is 18.2 Å². The summed E-state index contributed by atoms with van der Waals surface area (Å²) in [4.78, 5) is 16.4. The van der Waals surface area contributed by atoms with Crippen LogP contribution in [0, 0.1) is 13.8 Å². The van der Waals surface area contributed by atoms with Crippen LogP contribution in [-0.2, 0) is 0 Å². The van der Waals surface area contributed by atoms with Crippen LogP contribution in [0.1, 0.15) is 20.9 Å². The Morgan fingerprint density at radius 1 is 1.44 bits per heavy atom.